The Morgan fingerprint density at radius 3 is 2.42 bits per heavy atom. The molecule has 1 N–H and O–H groups in total. The number of unbranched alkanes of at least 4 members (excludes halogenated alkanes) is 7. The Balaban J connectivity index is 1.95. The van der Waals surface area contributed by atoms with Crippen molar-refractivity contribution in [3.63, 3.8) is 0 Å². The minimum absolute atomic E-state index is 0.147. The normalized spacial score (nSPS) is 21.2. The first-order valence-electron chi connectivity index (χ1n) is 8.11. The molecule has 0 amide bonds. The molecule has 112 valence electrons. The van der Waals surface area contributed by atoms with Crippen LogP contribution >= 0.6 is 0 Å². The van der Waals surface area contributed by atoms with Gasteiger partial charge in [-0.05, 0) is 19.3 Å². The first-order chi connectivity index (χ1) is 9.24. The molecule has 0 radical (unpaired) electrons. The molecular formula is C16H30O3. The van der Waals surface area contributed by atoms with Crippen molar-refractivity contribution >= 4 is 5.97 Å². The van der Waals surface area contributed by atoms with Crippen LogP contribution in [-0.4, -0.2) is 23.3 Å². The summed E-state index contributed by atoms with van der Waals surface area (Å²) in [5.74, 6) is -0.147. The Hall–Kier alpha value is -0.570. The van der Waals surface area contributed by atoms with E-state index in [9.17, 15) is 9.90 Å². The lowest BCUT2D eigenvalue weighted by Crippen LogP contribution is -2.34. The first kappa shape index (κ1) is 16.5. The SMILES string of the molecule is CCCCCCCCCCC(O)C1CCCC(=O)O1. The average molecular weight is 270 g/mol. The van der Waals surface area contributed by atoms with Gasteiger partial charge in [0.1, 0.15) is 6.10 Å². The van der Waals surface area contributed by atoms with Crippen LogP contribution in [0.1, 0.15) is 84.0 Å². The predicted octanol–water partition coefficient (Wildman–Crippen LogP) is 3.97. The van der Waals surface area contributed by atoms with Crippen LogP contribution in [0, 0.1) is 0 Å². The first-order valence-corrected chi connectivity index (χ1v) is 8.11. The van der Waals surface area contributed by atoms with Crippen LogP contribution in [0.25, 0.3) is 0 Å². The van der Waals surface area contributed by atoms with Crippen molar-refractivity contribution in [3.05, 3.63) is 0 Å². The fraction of sp³-hybridized carbons (Fsp3) is 0.938. The molecule has 0 aromatic heterocycles. The summed E-state index contributed by atoms with van der Waals surface area (Å²) in [4.78, 5) is 11.1. The third-order valence-electron chi connectivity index (χ3n) is 3.93. The van der Waals surface area contributed by atoms with Crippen LogP contribution in [0.4, 0.5) is 0 Å². The molecule has 3 heteroatoms. The van der Waals surface area contributed by atoms with Gasteiger partial charge in [-0.15, -0.1) is 0 Å². The van der Waals surface area contributed by atoms with Crippen molar-refractivity contribution in [2.24, 2.45) is 0 Å². The molecule has 1 fully saturated rings. The summed E-state index contributed by atoms with van der Waals surface area (Å²) in [6, 6.07) is 0. The maximum Gasteiger partial charge on any atom is 0.306 e. The molecule has 19 heavy (non-hydrogen) atoms. The number of hydrogen-bond acceptors (Lipinski definition) is 3. The van der Waals surface area contributed by atoms with Crippen molar-refractivity contribution in [2.75, 3.05) is 0 Å². The van der Waals surface area contributed by atoms with Gasteiger partial charge in [0.05, 0.1) is 6.10 Å². The van der Waals surface area contributed by atoms with Gasteiger partial charge in [0.15, 0.2) is 0 Å². The van der Waals surface area contributed by atoms with E-state index in [0.717, 1.165) is 25.7 Å². The maximum atomic E-state index is 11.1. The van der Waals surface area contributed by atoms with Crippen LogP contribution in [0.5, 0.6) is 0 Å². The lowest BCUT2D eigenvalue weighted by molar-refractivity contribution is -0.161. The van der Waals surface area contributed by atoms with E-state index in [1.807, 2.05) is 0 Å². The largest absolute Gasteiger partial charge is 0.460 e. The van der Waals surface area contributed by atoms with Gasteiger partial charge < -0.3 is 9.84 Å². The third kappa shape index (κ3) is 7.56. The lowest BCUT2D eigenvalue weighted by Gasteiger charge is -2.26. The summed E-state index contributed by atoms with van der Waals surface area (Å²) < 4.78 is 5.18. The van der Waals surface area contributed by atoms with Gasteiger partial charge >= 0.3 is 5.97 Å². The van der Waals surface area contributed by atoms with Crippen LogP contribution in [0.15, 0.2) is 0 Å². The average Bonchev–Trinajstić information content (AvgIpc) is 2.41. The Bertz CT molecular complexity index is 240. The quantitative estimate of drug-likeness (QED) is 0.482. The summed E-state index contributed by atoms with van der Waals surface area (Å²) >= 11 is 0. The van der Waals surface area contributed by atoms with E-state index in [1.54, 1.807) is 0 Å². The molecule has 2 atom stereocenters. The van der Waals surface area contributed by atoms with Crippen LogP contribution in [-0.2, 0) is 9.53 Å². The molecule has 0 bridgehead atoms. The highest BCUT2D eigenvalue weighted by molar-refractivity contribution is 5.70. The molecular weight excluding hydrogens is 240 g/mol. The minimum Gasteiger partial charge on any atom is -0.460 e. The molecule has 3 nitrogen and oxygen atoms in total. The Morgan fingerprint density at radius 1 is 1.16 bits per heavy atom. The van der Waals surface area contributed by atoms with E-state index in [4.69, 9.17) is 4.74 Å². The second-order valence-electron chi connectivity index (χ2n) is 5.75. The monoisotopic (exact) mass is 270 g/mol. The second-order valence-corrected chi connectivity index (χ2v) is 5.75. The smallest absolute Gasteiger partial charge is 0.306 e. The fourth-order valence-electron chi connectivity index (χ4n) is 2.68. The Kier molecular flexibility index (Phi) is 8.89. The molecule has 0 spiro atoms. The van der Waals surface area contributed by atoms with E-state index in [0.29, 0.717) is 6.42 Å². The van der Waals surface area contributed by atoms with Crippen LogP contribution in [0.2, 0.25) is 0 Å². The van der Waals surface area contributed by atoms with E-state index in [2.05, 4.69) is 6.92 Å². The van der Waals surface area contributed by atoms with Gasteiger partial charge in [0, 0.05) is 6.42 Å². The molecule has 1 aliphatic rings. The topological polar surface area (TPSA) is 46.5 Å². The van der Waals surface area contributed by atoms with Gasteiger partial charge in [0.25, 0.3) is 0 Å². The van der Waals surface area contributed by atoms with Crippen molar-refractivity contribution in [2.45, 2.75) is 96.2 Å². The third-order valence-corrected chi connectivity index (χ3v) is 3.93. The summed E-state index contributed by atoms with van der Waals surface area (Å²) in [5.41, 5.74) is 0. The van der Waals surface area contributed by atoms with E-state index < -0.39 is 6.10 Å². The number of ether oxygens (including phenoxy) is 1. The number of carbonyl (C=O) groups excluding carboxylic acids is 1. The summed E-state index contributed by atoms with van der Waals surface area (Å²) in [5, 5.41) is 9.99. The number of rotatable bonds is 10. The molecule has 1 rings (SSSR count). The summed E-state index contributed by atoms with van der Waals surface area (Å²) in [6.07, 6.45) is 12.4. The molecule has 1 heterocycles. The molecule has 0 aliphatic carbocycles. The van der Waals surface area contributed by atoms with Crippen molar-refractivity contribution in [3.8, 4) is 0 Å². The number of aliphatic hydroxyl groups is 1. The molecule has 2 unspecified atom stereocenters. The van der Waals surface area contributed by atoms with Crippen molar-refractivity contribution < 1.29 is 14.6 Å². The molecule has 0 saturated carbocycles. The number of carbonyl (C=O) groups is 1. The zero-order chi connectivity index (χ0) is 13.9. The number of hydrogen-bond donors (Lipinski definition) is 1. The van der Waals surface area contributed by atoms with E-state index >= 15 is 0 Å². The predicted molar refractivity (Wildman–Crippen MR) is 77.0 cm³/mol. The molecule has 0 aromatic rings. The fourth-order valence-corrected chi connectivity index (χ4v) is 2.68. The van der Waals surface area contributed by atoms with Gasteiger partial charge in [-0.3, -0.25) is 4.79 Å². The Morgan fingerprint density at radius 2 is 1.79 bits per heavy atom. The van der Waals surface area contributed by atoms with E-state index in [-0.39, 0.29) is 12.1 Å². The van der Waals surface area contributed by atoms with Crippen molar-refractivity contribution in [1.82, 2.24) is 0 Å². The van der Waals surface area contributed by atoms with Gasteiger partial charge in [0.2, 0.25) is 0 Å². The summed E-state index contributed by atoms with van der Waals surface area (Å²) in [6.45, 7) is 2.24. The highest BCUT2D eigenvalue weighted by atomic mass is 16.6. The van der Waals surface area contributed by atoms with Crippen LogP contribution < -0.4 is 0 Å². The van der Waals surface area contributed by atoms with Gasteiger partial charge in [-0.2, -0.15) is 0 Å². The lowest BCUT2D eigenvalue weighted by atomic mass is 9.99. The van der Waals surface area contributed by atoms with Gasteiger partial charge in [-0.1, -0.05) is 58.3 Å². The van der Waals surface area contributed by atoms with Crippen molar-refractivity contribution in [1.29, 1.82) is 0 Å². The number of cyclic esters (lactones) is 1. The molecule has 1 aliphatic heterocycles. The summed E-state index contributed by atoms with van der Waals surface area (Å²) in [7, 11) is 0. The zero-order valence-electron chi connectivity index (χ0n) is 12.4. The van der Waals surface area contributed by atoms with Crippen LogP contribution in [0.3, 0.4) is 0 Å². The van der Waals surface area contributed by atoms with Gasteiger partial charge in [-0.25, -0.2) is 0 Å². The van der Waals surface area contributed by atoms with E-state index in [1.165, 1.54) is 44.9 Å². The number of aliphatic hydroxyl groups excluding tert-OH is 1. The highest BCUT2D eigenvalue weighted by Gasteiger charge is 2.26. The second kappa shape index (κ2) is 10.2. The standard InChI is InChI=1S/C16H30O3/c1-2-3-4-5-6-7-8-9-11-14(17)15-12-10-13-16(18)19-15/h14-15,17H,2-13H2,1H3. The maximum absolute atomic E-state index is 11.1. The molecule has 1 saturated heterocycles. The molecule has 0 aromatic carbocycles. The minimum atomic E-state index is -0.454. The Labute approximate surface area is 117 Å². The number of esters is 1. The highest BCUT2D eigenvalue weighted by Crippen LogP contribution is 2.20. The zero-order valence-corrected chi connectivity index (χ0v) is 12.4.